The second-order valence-electron chi connectivity index (χ2n) is 5.39. The molecule has 0 heterocycles. The second kappa shape index (κ2) is 10.3. The Kier molecular flexibility index (Phi) is 8.09. The van der Waals surface area contributed by atoms with E-state index in [1.165, 1.54) is 5.56 Å². The van der Waals surface area contributed by atoms with Gasteiger partial charge in [-0.15, -0.1) is 0 Å². The maximum absolute atomic E-state index is 11.8. The Morgan fingerprint density at radius 1 is 1.16 bits per heavy atom. The molecule has 25 heavy (non-hydrogen) atoms. The van der Waals surface area contributed by atoms with Crippen molar-refractivity contribution in [3.63, 3.8) is 0 Å². The van der Waals surface area contributed by atoms with Crippen LogP contribution in [0.5, 0.6) is 11.5 Å². The Hall–Kier alpha value is -1.72. The molecule has 0 fully saturated rings. The monoisotopic (exact) mass is 425 g/mol. The highest BCUT2D eigenvalue weighted by Gasteiger charge is 2.06. The molecule has 0 unspecified atom stereocenters. The van der Waals surface area contributed by atoms with Crippen LogP contribution in [0.25, 0.3) is 0 Å². The fourth-order valence-corrected chi connectivity index (χ4v) is 3.02. The Morgan fingerprint density at radius 3 is 2.60 bits per heavy atom. The Bertz CT molecular complexity index is 692. The molecule has 2 aromatic rings. The minimum atomic E-state index is -0.145. The topological polar surface area (TPSA) is 47.6 Å². The summed E-state index contributed by atoms with van der Waals surface area (Å²) in [5, 5.41) is 3.46. The SMILES string of the molecule is CCOc1ccc(CCCNC(=O)COc2ccc(Cl)cc2Br)cc1. The van der Waals surface area contributed by atoms with Gasteiger partial charge in [0.15, 0.2) is 6.61 Å². The van der Waals surface area contributed by atoms with Crippen LogP contribution < -0.4 is 14.8 Å². The van der Waals surface area contributed by atoms with Crippen LogP contribution in [-0.2, 0) is 11.2 Å². The van der Waals surface area contributed by atoms with E-state index in [2.05, 4.69) is 21.2 Å². The number of nitrogens with one attached hydrogen (secondary N) is 1. The molecule has 0 saturated heterocycles. The number of hydrogen-bond acceptors (Lipinski definition) is 3. The highest BCUT2D eigenvalue weighted by molar-refractivity contribution is 9.10. The molecule has 1 N–H and O–H groups in total. The van der Waals surface area contributed by atoms with Crippen LogP contribution in [0.15, 0.2) is 46.9 Å². The van der Waals surface area contributed by atoms with E-state index in [9.17, 15) is 4.79 Å². The fraction of sp³-hybridized carbons (Fsp3) is 0.316. The van der Waals surface area contributed by atoms with Gasteiger partial charge in [-0.2, -0.15) is 0 Å². The normalized spacial score (nSPS) is 10.4. The van der Waals surface area contributed by atoms with Crippen LogP contribution in [-0.4, -0.2) is 25.7 Å². The zero-order valence-electron chi connectivity index (χ0n) is 14.1. The van der Waals surface area contributed by atoms with Gasteiger partial charge in [-0.25, -0.2) is 0 Å². The molecule has 0 radical (unpaired) electrons. The van der Waals surface area contributed by atoms with Crippen LogP contribution in [0.3, 0.4) is 0 Å². The molecule has 0 aliphatic heterocycles. The first-order valence-electron chi connectivity index (χ1n) is 8.14. The van der Waals surface area contributed by atoms with Gasteiger partial charge in [0.25, 0.3) is 5.91 Å². The maximum atomic E-state index is 11.8. The third kappa shape index (κ3) is 6.96. The van der Waals surface area contributed by atoms with Gasteiger partial charge in [-0.05, 0) is 71.6 Å². The standard InChI is InChI=1S/C19H21BrClNO3/c1-2-24-16-8-5-14(6-9-16)4-3-11-22-19(23)13-25-18-10-7-15(21)12-17(18)20/h5-10,12H,2-4,11,13H2,1H3,(H,22,23). The lowest BCUT2D eigenvalue weighted by Gasteiger charge is -2.09. The average Bonchev–Trinajstić information content (AvgIpc) is 2.59. The van der Waals surface area contributed by atoms with E-state index in [1.54, 1.807) is 18.2 Å². The minimum Gasteiger partial charge on any atom is -0.494 e. The van der Waals surface area contributed by atoms with Gasteiger partial charge >= 0.3 is 0 Å². The summed E-state index contributed by atoms with van der Waals surface area (Å²) in [5.74, 6) is 1.33. The lowest BCUT2D eigenvalue weighted by atomic mass is 10.1. The van der Waals surface area contributed by atoms with Gasteiger partial charge in [0, 0.05) is 11.6 Å². The van der Waals surface area contributed by atoms with E-state index in [4.69, 9.17) is 21.1 Å². The lowest BCUT2D eigenvalue weighted by molar-refractivity contribution is -0.123. The zero-order chi connectivity index (χ0) is 18.1. The number of halogens is 2. The number of hydrogen-bond donors (Lipinski definition) is 1. The molecule has 134 valence electrons. The van der Waals surface area contributed by atoms with Crippen LogP contribution in [0, 0.1) is 0 Å². The van der Waals surface area contributed by atoms with Crippen molar-refractivity contribution in [1.82, 2.24) is 5.32 Å². The van der Waals surface area contributed by atoms with Gasteiger partial charge in [-0.3, -0.25) is 4.79 Å². The number of amides is 1. The molecule has 4 nitrogen and oxygen atoms in total. The molecule has 0 atom stereocenters. The largest absolute Gasteiger partial charge is 0.494 e. The van der Waals surface area contributed by atoms with E-state index in [-0.39, 0.29) is 12.5 Å². The first kappa shape index (κ1) is 19.6. The predicted molar refractivity (Wildman–Crippen MR) is 104 cm³/mol. The van der Waals surface area contributed by atoms with E-state index >= 15 is 0 Å². The van der Waals surface area contributed by atoms with Crippen LogP contribution >= 0.6 is 27.5 Å². The summed E-state index contributed by atoms with van der Waals surface area (Å²) < 4.78 is 11.6. The summed E-state index contributed by atoms with van der Waals surface area (Å²) in [4.78, 5) is 11.8. The molecule has 2 aromatic carbocycles. The van der Waals surface area contributed by atoms with Crippen LogP contribution in [0.1, 0.15) is 18.9 Å². The van der Waals surface area contributed by atoms with Gasteiger partial charge in [0.1, 0.15) is 11.5 Å². The molecular weight excluding hydrogens is 406 g/mol. The highest BCUT2D eigenvalue weighted by atomic mass is 79.9. The lowest BCUT2D eigenvalue weighted by Crippen LogP contribution is -2.29. The fourth-order valence-electron chi connectivity index (χ4n) is 2.23. The van der Waals surface area contributed by atoms with Crippen molar-refractivity contribution in [3.8, 4) is 11.5 Å². The van der Waals surface area contributed by atoms with Gasteiger partial charge in [0.05, 0.1) is 11.1 Å². The second-order valence-corrected chi connectivity index (χ2v) is 6.68. The Morgan fingerprint density at radius 2 is 1.92 bits per heavy atom. The molecule has 0 bridgehead atoms. The third-order valence-corrected chi connectivity index (χ3v) is 4.31. The van der Waals surface area contributed by atoms with E-state index in [0.29, 0.717) is 23.9 Å². The number of carbonyl (C=O) groups is 1. The molecule has 0 spiro atoms. The molecule has 0 aliphatic carbocycles. The van der Waals surface area contributed by atoms with Crippen molar-refractivity contribution >= 4 is 33.4 Å². The summed E-state index contributed by atoms with van der Waals surface area (Å²) in [6, 6.07) is 13.2. The van der Waals surface area contributed by atoms with Gasteiger partial charge in [0.2, 0.25) is 0 Å². The first-order chi connectivity index (χ1) is 12.1. The van der Waals surface area contributed by atoms with Crippen molar-refractivity contribution in [2.75, 3.05) is 19.8 Å². The highest BCUT2D eigenvalue weighted by Crippen LogP contribution is 2.27. The van der Waals surface area contributed by atoms with Crippen molar-refractivity contribution in [1.29, 1.82) is 0 Å². The average molecular weight is 427 g/mol. The quantitative estimate of drug-likeness (QED) is 0.595. The van der Waals surface area contributed by atoms with Crippen molar-refractivity contribution in [2.24, 2.45) is 0 Å². The minimum absolute atomic E-state index is 0.0245. The van der Waals surface area contributed by atoms with Crippen molar-refractivity contribution in [2.45, 2.75) is 19.8 Å². The molecule has 1 amide bonds. The van der Waals surface area contributed by atoms with Gasteiger partial charge in [-0.1, -0.05) is 23.7 Å². The first-order valence-corrected chi connectivity index (χ1v) is 9.32. The molecule has 2 rings (SSSR count). The smallest absolute Gasteiger partial charge is 0.257 e. The van der Waals surface area contributed by atoms with E-state index in [0.717, 1.165) is 23.1 Å². The van der Waals surface area contributed by atoms with Crippen molar-refractivity contribution in [3.05, 3.63) is 57.5 Å². The van der Waals surface area contributed by atoms with E-state index in [1.807, 2.05) is 31.2 Å². The summed E-state index contributed by atoms with van der Waals surface area (Å²) in [6.45, 7) is 3.21. The number of carbonyl (C=O) groups excluding carboxylic acids is 1. The van der Waals surface area contributed by atoms with Crippen molar-refractivity contribution < 1.29 is 14.3 Å². The van der Waals surface area contributed by atoms with E-state index < -0.39 is 0 Å². The Labute approximate surface area is 161 Å². The number of aryl methyl sites for hydroxylation is 1. The number of rotatable bonds is 9. The van der Waals surface area contributed by atoms with Crippen LogP contribution in [0.2, 0.25) is 5.02 Å². The number of benzene rings is 2. The summed E-state index contributed by atoms with van der Waals surface area (Å²) >= 11 is 9.22. The molecule has 0 saturated carbocycles. The third-order valence-electron chi connectivity index (χ3n) is 3.45. The summed E-state index contributed by atoms with van der Waals surface area (Å²) in [5.41, 5.74) is 1.22. The van der Waals surface area contributed by atoms with Gasteiger partial charge < -0.3 is 14.8 Å². The maximum Gasteiger partial charge on any atom is 0.257 e. The summed E-state index contributed by atoms with van der Waals surface area (Å²) in [6.07, 6.45) is 1.76. The molecular formula is C19H21BrClNO3. The zero-order valence-corrected chi connectivity index (χ0v) is 16.4. The molecule has 0 aromatic heterocycles. The van der Waals surface area contributed by atoms with Crippen LogP contribution in [0.4, 0.5) is 0 Å². The molecule has 6 heteroatoms. The Balaban J connectivity index is 1.65. The predicted octanol–water partition coefficient (Wildman–Crippen LogP) is 4.63. The molecule has 0 aliphatic rings. The number of ether oxygens (including phenoxy) is 2. The summed E-state index contributed by atoms with van der Waals surface area (Å²) in [7, 11) is 0.